The van der Waals surface area contributed by atoms with E-state index in [0.717, 1.165) is 12.3 Å². The van der Waals surface area contributed by atoms with Crippen molar-refractivity contribution >= 4 is 47.5 Å². The summed E-state index contributed by atoms with van der Waals surface area (Å²) >= 11 is 1.70. The number of likely N-dealkylation sites (N-methyl/N-ethyl adjacent to an activating group) is 1. The van der Waals surface area contributed by atoms with Crippen molar-refractivity contribution in [3.63, 3.8) is 0 Å². The van der Waals surface area contributed by atoms with Crippen molar-refractivity contribution in [1.82, 2.24) is 0 Å². The molecule has 114 valence electrons. The number of para-hydroxylation sites is 1. The Labute approximate surface area is 141 Å². The van der Waals surface area contributed by atoms with Gasteiger partial charge in [0.15, 0.2) is 0 Å². The van der Waals surface area contributed by atoms with Crippen molar-refractivity contribution in [2.45, 2.75) is 6.04 Å². The van der Waals surface area contributed by atoms with Gasteiger partial charge in [0.25, 0.3) is 0 Å². The average Bonchev–Trinajstić information content (AvgIpc) is 2.93. The minimum absolute atomic E-state index is 0. The topological polar surface area (TPSA) is 41.6 Å². The molecule has 0 aliphatic carbocycles. The smallest absolute Gasteiger partial charge is 0.0749 e. The molecule has 0 amide bonds. The van der Waals surface area contributed by atoms with Crippen molar-refractivity contribution < 1.29 is 0 Å². The van der Waals surface area contributed by atoms with E-state index in [1.54, 1.807) is 11.3 Å². The molecule has 3 rings (SSSR count). The minimum Gasteiger partial charge on any atom is -0.368 e. The summed E-state index contributed by atoms with van der Waals surface area (Å²) in [6.45, 7) is 1.36. The first-order chi connectivity index (χ1) is 9.31. The van der Waals surface area contributed by atoms with E-state index in [1.165, 1.54) is 16.8 Å². The van der Waals surface area contributed by atoms with Crippen molar-refractivity contribution in [1.29, 1.82) is 0 Å². The number of fused-ring (bicyclic) bond motifs is 1. The number of nitrogens with zero attached hydrogens (tertiary/aromatic N) is 2. The van der Waals surface area contributed by atoms with E-state index >= 15 is 0 Å². The molecule has 21 heavy (non-hydrogen) atoms. The summed E-state index contributed by atoms with van der Waals surface area (Å²) in [4.78, 5) is 7.06. The summed E-state index contributed by atoms with van der Waals surface area (Å²) in [6, 6.07) is 10.8. The van der Waals surface area contributed by atoms with Crippen LogP contribution in [0.4, 0.5) is 5.69 Å². The van der Waals surface area contributed by atoms with E-state index in [4.69, 9.17) is 10.7 Å². The SMILES string of the molecule is CN1c2ccccc2C(c2ccsc2)=NCC1CN.Cl.Cl. The van der Waals surface area contributed by atoms with E-state index < -0.39 is 0 Å². The van der Waals surface area contributed by atoms with Gasteiger partial charge in [-0.1, -0.05) is 18.2 Å². The van der Waals surface area contributed by atoms with Crippen LogP contribution in [0.1, 0.15) is 11.1 Å². The number of hydrogen-bond acceptors (Lipinski definition) is 4. The second kappa shape index (κ2) is 7.80. The predicted octanol–water partition coefficient (Wildman–Crippen LogP) is 3.21. The Morgan fingerprint density at radius 3 is 2.71 bits per heavy atom. The predicted molar refractivity (Wildman–Crippen MR) is 97.0 cm³/mol. The van der Waals surface area contributed by atoms with Crippen LogP contribution in [-0.2, 0) is 0 Å². The number of benzene rings is 1. The third-order valence-corrected chi connectivity index (χ3v) is 4.30. The molecule has 0 radical (unpaired) electrons. The number of thiophene rings is 1. The third-order valence-electron chi connectivity index (χ3n) is 3.61. The van der Waals surface area contributed by atoms with Crippen LogP contribution in [0, 0.1) is 0 Å². The first kappa shape index (κ1) is 18.0. The fourth-order valence-electron chi connectivity index (χ4n) is 2.46. The molecule has 2 aromatic rings. The molecule has 0 spiro atoms. The van der Waals surface area contributed by atoms with E-state index in [9.17, 15) is 0 Å². The molecule has 1 atom stereocenters. The lowest BCUT2D eigenvalue weighted by molar-refractivity contribution is 0.653. The molecule has 0 saturated carbocycles. The van der Waals surface area contributed by atoms with Crippen LogP contribution in [0.25, 0.3) is 0 Å². The van der Waals surface area contributed by atoms with E-state index in [2.05, 4.69) is 53.0 Å². The normalized spacial score (nSPS) is 17.0. The lowest BCUT2D eigenvalue weighted by atomic mass is 10.0. The second-order valence-electron chi connectivity index (χ2n) is 4.72. The van der Waals surface area contributed by atoms with Gasteiger partial charge in [-0.2, -0.15) is 11.3 Å². The highest BCUT2D eigenvalue weighted by atomic mass is 35.5. The molecule has 0 fully saturated rings. The van der Waals surface area contributed by atoms with Gasteiger partial charge in [0, 0.05) is 35.8 Å². The third kappa shape index (κ3) is 3.40. The highest BCUT2D eigenvalue weighted by molar-refractivity contribution is 7.08. The summed E-state index contributed by atoms with van der Waals surface area (Å²) in [5.41, 5.74) is 10.6. The van der Waals surface area contributed by atoms with E-state index in [1.807, 2.05) is 0 Å². The molecule has 2 heterocycles. The molecule has 1 aliphatic heterocycles. The zero-order valence-corrected chi connectivity index (χ0v) is 14.2. The van der Waals surface area contributed by atoms with Crippen LogP contribution in [0.15, 0.2) is 46.1 Å². The van der Waals surface area contributed by atoms with Crippen molar-refractivity contribution in [3.05, 3.63) is 52.2 Å². The highest BCUT2D eigenvalue weighted by Crippen LogP contribution is 2.27. The second-order valence-corrected chi connectivity index (χ2v) is 5.50. The van der Waals surface area contributed by atoms with E-state index in [-0.39, 0.29) is 30.9 Å². The van der Waals surface area contributed by atoms with Crippen LogP contribution >= 0.6 is 36.2 Å². The Hall–Kier alpha value is -1.07. The van der Waals surface area contributed by atoms with Crippen LogP contribution in [0.2, 0.25) is 0 Å². The Balaban J connectivity index is 0.00000110. The number of benzodiazepines with no additional fused rings is 1. The van der Waals surface area contributed by atoms with Gasteiger partial charge in [-0.3, -0.25) is 4.99 Å². The molecule has 6 heteroatoms. The van der Waals surface area contributed by atoms with Gasteiger partial charge in [-0.25, -0.2) is 0 Å². The first-order valence-corrected chi connectivity index (χ1v) is 7.35. The van der Waals surface area contributed by atoms with Crippen LogP contribution in [0.5, 0.6) is 0 Å². The standard InChI is InChI=1S/C15H17N3S.2ClH/c1-18-12(8-16)9-17-15(11-6-7-19-10-11)13-4-2-3-5-14(13)18;;/h2-7,10,12H,8-9,16H2,1H3;2*1H. The zero-order chi connectivity index (χ0) is 13.2. The molecular formula is C15H19Cl2N3S. The fourth-order valence-corrected chi connectivity index (χ4v) is 3.10. The zero-order valence-electron chi connectivity index (χ0n) is 11.7. The maximum Gasteiger partial charge on any atom is 0.0749 e. The average molecular weight is 344 g/mol. The number of nitrogens with two attached hydrogens (primary N) is 1. The van der Waals surface area contributed by atoms with Crippen LogP contribution in [0.3, 0.4) is 0 Å². The van der Waals surface area contributed by atoms with Crippen LogP contribution in [-0.4, -0.2) is 31.9 Å². The van der Waals surface area contributed by atoms with Crippen LogP contribution < -0.4 is 10.6 Å². The summed E-state index contributed by atoms with van der Waals surface area (Å²) < 4.78 is 0. The molecule has 2 N–H and O–H groups in total. The Morgan fingerprint density at radius 1 is 1.29 bits per heavy atom. The van der Waals surface area contributed by atoms with Gasteiger partial charge in [0.05, 0.1) is 18.3 Å². The summed E-state index contributed by atoms with van der Waals surface area (Å²) in [5.74, 6) is 0. The number of aliphatic imine (C=N–C) groups is 1. The lowest BCUT2D eigenvalue weighted by Crippen LogP contribution is -2.39. The van der Waals surface area contributed by atoms with Gasteiger partial charge in [-0.15, -0.1) is 24.8 Å². The molecule has 3 nitrogen and oxygen atoms in total. The minimum atomic E-state index is 0. The van der Waals surface area contributed by atoms with Gasteiger partial charge in [0.2, 0.25) is 0 Å². The molecule has 0 saturated heterocycles. The molecule has 1 aromatic carbocycles. The first-order valence-electron chi connectivity index (χ1n) is 6.40. The van der Waals surface area contributed by atoms with Crippen molar-refractivity contribution in [2.24, 2.45) is 10.7 Å². The fraction of sp³-hybridized carbons (Fsp3) is 0.267. The Bertz CT molecular complexity index is 599. The maximum atomic E-state index is 5.88. The van der Waals surface area contributed by atoms with Gasteiger partial charge >= 0.3 is 0 Å². The van der Waals surface area contributed by atoms with Gasteiger partial charge < -0.3 is 10.6 Å². The lowest BCUT2D eigenvalue weighted by Gasteiger charge is -2.27. The number of anilines is 1. The molecule has 1 aliphatic rings. The number of rotatable bonds is 2. The molecule has 1 unspecified atom stereocenters. The summed E-state index contributed by atoms with van der Waals surface area (Å²) in [5, 5.41) is 4.24. The number of halogens is 2. The number of hydrogen-bond donors (Lipinski definition) is 1. The molecule has 0 bridgehead atoms. The molecular weight excluding hydrogens is 325 g/mol. The van der Waals surface area contributed by atoms with Gasteiger partial charge in [-0.05, 0) is 17.5 Å². The van der Waals surface area contributed by atoms with Crippen molar-refractivity contribution in [3.8, 4) is 0 Å². The quantitative estimate of drug-likeness (QED) is 0.909. The summed E-state index contributed by atoms with van der Waals surface area (Å²) in [7, 11) is 2.10. The highest BCUT2D eigenvalue weighted by Gasteiger charge is 2.22. The Morgan fingerprint density at radius 2 is 2.05 bits per heavy atom. The van der Waals surface area contributed by atoms with Gasteiger partial charge in [0.1, 0.15) is 0 Å². The monoisotopic (exact) mass is 343 g/mol. The molecule has 1 aromatic heterocycles. The maximum absolute atomic E-state index is 5.88. The summed E-state index contributed by atoms with van der Waals surface area (Å²) in [6.07, 6.45) is 0. The largest absolute Gasteiger partial charge is 0.368 e. The Kier molecular flexibility index (Phi) is 6.68. The van der Waals surface area contributed by atoms with Crippen molar-refractivity contribution in [2.75, 3.05) is 25.0 Å². The van der Waals surface area contributed by atoms with E-state index in [0.29, 0.717) is 6.54 Å².